The second-order valence-electron chi connectivity index (χ2n) is 10.7. The van der Waals surface area contributed by atoms with Gasteiger partial charge in [0.2, 0.25) is 0 Å². The van der Waals surface area contributed by atoms with E-state index < -0.39 is 66.8 Å². The maximum atomic E-state index is 14.4. The third kappa shape index (κ3) is 5.86. The van der Waals surface area contributed by atoms with Crippen LogP contribution < -0.4 is 4.90 Å². The van der Waals surface area contributed by atoms with Gasteiger partial charge in [-0.2, -0.15) is 5.26 Å². The Balaban J connectivity index is 1.55. The number of carbonyl (C=O) groups is 1. The molecule has 1 amide bonds. The molecule has 1 aromatic heterocycles. The van der Waals surface area contributed by atoms with Gasteiger partial charge in [-0.3, -0.25) is 4.79 Å². The molecule has 0 spiro atoms. The normalized spacial score (nSPS) is 27.2. The largest absolute Gasteiger partial charge is 0.394 e. The Hall–Kier alpha value is -3.51. The van der Waals surface area contributed by atoms with Gasteiger partial charge in [0.15, 0.2) is 6.10 Å². The smallest absolute Gasteiger partial charge is 0.259 e. The molecular weight excluding hydrogens is 588 g/mol. The number of ether oxygens (including phenoxy) is 2. The Morgan fingerprint density at radius 2 is 1.95 bits per heavy atom. The molecule has 43 heavy (non-hydrogen) atoms. The monoisotopic (exact) mass is 617 g/mol. The zero-order valence-electron chi connectivity index (χ0n) is 23.3. The number of nitriles is 1. The summed E-state index contributed by atoms with van der Waals surface area (Å²) in [4.78, 5) is 15.7. The maximum absolute atomic E-state index is 14.4. The lowest BCUT2D eigenvalue weighted by molar-refractivity contribution is -0.211. The first-order chi connectivity index (χ1) is 20.6. The molecule has 1 aliphatic carbocycles. The fourth-order valence-corrected chi connectivity index (χ4v) is 6.06. The summed E-state index contributed by atoms with van der Waals surface area (Å²) in [5.74, 6) is -2.21. The van der Waals surface area contributed by atoms with Crippen molar-refractivity contribution in [3.63, 3.8) is 0 Å². The van der Waals surface area contributed by atoms with E-state index in [0.717, 1.165) is 12.1 Å². The number of rotatable bonds is 7. The highest BCUT2D eigenvalue weighted by Crippen LogP contribution is 2.37. The van der Waals surface area contributed by atoms with E-state index in [1.165, 1.54) is 48.0 Å². The van der Waals surface area contributed by atoms with Crippen molar-refractivity contribution in [2.75, 3.05) is 18.6 Å². The first-order valence-electron chi connectivity index (χ1n) is 13.6. The van der Waals surface area contributed by atoms with Gasteiger partial charge < -0.3 is 29.7 Å². The average Bonchev–Trinajstić information content (AvgIpc) is 3.64. The minimum atomic E-state index is -1.44. The minimum Gasteiger partial charge on any atom is -0.394 e. The Labute approximate surface area is 250 Å². The highest BCUT2D eigenvalue weighted by molar-refractivity contribution is 6.31. The van der Waals surface area contributed by atoms with Crippen molar-refractivity contribution in [2.24, 2.45) is 0 Å². The zero-order valence-corrected chi connectivity index (χ0v) is 24.0. The standard InChI is InChI=1S/C29H30ClF2N5O6/c1-14-19(31)8-16(9-20(14)32)21-12-36(35-34-21)25-26(40)24(13-38)43-28(27(25)42-2)29(41)37(22-4-3-5-23(22)39)18-7-15(11-33)6-17(30)10-18/h6-10,12,22-28,38-40H,3-5,13H2,1-2H3/t22-,23-,24?,25?,26?,27?,28?/m1/s1. The molecule has 1 aliphatic heterocycles. The van der Waals surface area contributed by atoms with E-state index in [0.29, 0.717) is 19.3 Å². The first kappa shape index (κ1) is 30.9. The average molecular weight is 618 g/mol. The summed E-state index contributed by atoms with van der Waals surface area (Å²) < 4.78 is 41.4. The van der Waals surface area contributed by atoms with Crippen LogP contribution in [0.5, 0.6) is 0 Å². The minimum absolute atomic E-state index is 0.0911. The number of aliphatic hydroxyl groups is 3. The Morgan fingerprint density at radius 1 is 1.23 bits per heavy atom. The second kappa shape index (κ2) is 12.6. The summed E-state index contributed by atoms with van der Waals surface area (Å²) in [7, 11) is 1.30. The van der Waals surface area contributed by atoms with Crippen LogP contribution in [0.2, 0.25) is 5.02 Å². The molecule has 0 bridgehead atoms. The number of halogens is 3. The van der Waals surface area contributed by atoms with Crippen LogP contribution in [0.3, 0.4) is 0 Å². The predicted molar refractivity (Wildman–Crippen MR) is 149 cm³/mol. The number of benzene rings is 2. The summed E-state index contributed by atoms with van der Waals surface area (Å²) >= 11 is 6.27. The number of nitrogens with zero attached hydrogens (tertiary/aromatic N) is 5. The fraction of sp³-hybridized carbons (Fsp3) is 0.448. The first-order valence-corrected chi connectivity index (χ1v) is 14.0. The van der Waals surface area contributed by atoms with Gasteiger partial charge in [0.1, 0.15) is 41.7 Å². The van der Waals surface area contributed by atoms with Crippen molar-refractivity contribution in [1.82, 2.24) is 15.0 Å². The van der Waals surface area contributed by atoms with Crippen LogP contribution >= 0.6 is 11.6 Å². The van der Waals surface area contributed by atoms with Crippen molar-refractivity contribution in [3.8, 4) is 17.3 Å². The fourth-order valence-electron chi connectivity index (χ4n) is 5.83. The molecule has 2 aliphatic rings. The van der Waals surface area contributed by atoms with Crippen LogP contribution in [-0.4, -0.2) is 86.5 Å². The lowest BCUT2D eigenvalue weighted by Gasteiger charge is -2.45. The molecular formula is C29H30ClF2N5O6. The molecule has 1 saturated heterocycles. The van der Waals surface area contributed by atoms with E-state index in [2.05, 4.69) is 10.3 Å². The summed E-state index contributed by atoms with van der Waals surface area (Å²) in [5.41, 5.74) is 0.494. The number of methoxy groups -OCH3 is 1. The Bertz CT molecular complexity index is 1530. The highest BCUT2D eigenvalue weighted by Gasteiger charge is 2.52. The second-order valence-corrected chi connectivity index (χ2v) is 11.1. The van der Waals surface area contributed by atoms with E-state index in [1.807, 2.05) is 6.07 Å². The van der Waals surface area contributed by atoms with Crippen LogP contribution in [-0.2, 0) is 14.3 Å². The molecule has 11 nitrogen and oxygen atoms in total. The van der Waals surface area contributed by atoms with E-state index in [9.17, 15) is 34.2 Å². The summed E-state index contributed by atoms with van der Waals surface area (Å²) in [6, 6.07) is 6.80. The molecule has 7 atom stereocenters. The molecule has 1 saturated carbocycles. The molecule has 5 rings (SSSR count). The predicted octanol–water partition coefficient (Wildman–Crippen LogP) is 2.68. The van der Waals surface area contributed by atoms with Crippen molar-refractivity contribution in [2.45, 2.75) is 68.8 Å². The van der Waals surface area contributed by atoms with E-state index >= 15 is 0 Å². The van der Waals surface area contributed by atoms with Gasteiger partial charge in [0.25, 0.3) is 5.91 Å². The van der Waals surface area contributed by atoms with E-state index in [1.54, 1.807) is 0 Å². The lowest BCUT2D eigenvalue weighted by Crippen LogP contribution is -2.62. The quantitative estimate of drug-likeness (QED) is 0.363. The molecule has 14 heteroatoms. The molecule has 2 aromatic carbocycles. The van der Waals surface area contributed by atoms with Gasteiger partial charge in [-0.25, -0.2) is 13.5 Å². The molecule has 2 fully saturated rings. The van der Waals surface area contributed by atoms with Crippen molar-refractivity contribution in [3.05, 3.63) is 64.3 Å². The highest BCUT2D eigenvalue weighted by atomic mass is 35.5. The number of aliphatic hydroxyl groups excluding tert-OH is 3. The molecule has 228 valence electrons. The summed E-state index contributed by atoms with van der Waals surface area (Å²) in [6.07, 6.45) is -3.33. The van der Waals surface area contributed by atoms with Crippen LogP contribution in [0.25, 0.3) is 11.3 Å². The van der Waals surface area contributed by atoms with Crippen LogP contribution in [0.1, 0.15) is 36.4 Å². The van der Waals surface area contributed by atoms with Gasteiger partial charge in [0, 0.05) is 28.9 Å². The number of carbonyl (C=O) groups excluding carboxylic acids is 1. The molecule has 2 heterocycles. The summed E-state index contributed by atoms with van der Waals surface area (Å²) in [6.45, 7) is 0.632. The number of hydrogen-bond donors (Lipinski definition) is 3. The number of anilines is 1. The van der Waals surface area contributed by atoms with Crippen LogP contribution in [0.4, 0.5) is 14.5 Å². The zero-order chi connectivity index (χ0) is 31.0. The number of aromatic nitrogens is 3. The molecule has 5 unspecified atom stereocenters. The number of amides is 1. The lowest BCUT2D eigenvalue weighted by atomic mass is 9.91. The summed E-state index contributed by atoms with van der Waals surface area (Å²) in [5, 5.41) is 49.9. The SMILES string of the molecule is COC1C(C(=O)N(c2cc(Cl)cc(C#N)c2)[C@@H]2CCC[C@H]2O)OC(CO)C(O)C1n1cc(-c2cc(F)c(C)c(F)c2)nn1. The molecule has 0 radical (unpaired) electrons. The van der Waals surface area contributed by atoms with Gasteiger partial charge in [-0.15, -0.1) is 5.10 Å². The third-order valence-corrected chi connectivity index (χ3v) is 8.30. The number of hydrogen-bond acceptors (Lipinski definition) is 9. The maximum Gasteiger partial charge on any atom is 0.259 e. The van der Waals surface area contributed by atoms with Gasteiger partial charge in [-0.05, 0) is 56.5 Å². The van der Waals surface area contributed by atoms with Crippen molar-refractivity contribution < 1.29 is 38.4 Å². The van der Waals surface area contributed by atoms with Crippen LogP contribution in [0, 0.1) is 29.9 Å². The Kier molecular flexibility index (Phi) is 9.07. The van der Waals surface area contributed by atoms with Crippen molar-refractivity contribution >= 4 is 23.2 Å². The van der Waals surface area contributed by atoms with Crippen molar-refractivity contribution in [1.29, 1.82) is 5.26 Å². The van der Waals surface area contributed by atoms with Gasteiger partial charge in [-0.1, -0.05) is 16.8 Å². The Morgan fingerprint density at radius 3 is 2.56 bits per heavy atom. The van der Waals surface area contributed by atoms with Gasteiger partial charge in [0.05, 0.1) is 36.6 Å². The third-order valence-electron chi connectivity index (χ3n) is 8.08. The van der Waals surface area contributed by atoms with Crippen LogP contribution in [0.15, 0.2) is 36.5 Å². The van der Waals surface area contributed by atoms with E-state index in [4.69, 9.17) is 21.1 Å². The van der Waals surface area contributed by atoms with E-state index in [-0.39, 0.29) is 33.1 Å². The topological polar surface area (TPSA) is 154 Å². The molecule has 3 N–H and O–H groups in total. The van der Waals surface area contributed by atoms with Gasteiger partial charge >= 0.3 is 0 Å². The molecule has 3 aromatic rings.